The third-order valence-electron chi connectivity index (χ3n) is 2.19. The monoisotopic (exact) mass is 303 g/mol. The molecule has 0 spiro atoms. The number of nitrogens with one attached hydrogen (secondary N) is 1. The highest BCUT2D eigenvalue weighted by atomic mass is 79.9. The van der Waals surface area contributed by atoms with Crippen LogP contribution in [0.25, 0.3) is 0 Å². The molecule has 1 heterocycles. The van der Waals surface area contributed by atoms with Gasteiger partial charge in [-0.15, -0.1) is 0 Å². The van der Waals surface area contributed by atoms with Gasteiger partial charge in [0.2, 0.25) is 0 Å². The molecule has 0 aliphatic rings. The van der Waals surface area contributed by atoms with Crippen LogP contribution in [0, 0.1) is 18.6 Å². The van der Waals surface area contributed by atoms with Crippen LogP contribution in [0.5, 0.6) is 0 Å². The number of anilines is 1. The van der Waals surface area contributed by atoms with Crippen molar-refractivity contribution in [2.45, 2.75) is 13.5 Å². The Labute approximate surface area is 104 Å². The maximum Gasteiger partial charge on any atom is 0.150 e. The number of hydrogen-bond acceptors (Lipinski definition) is 4. The van der Waals surface area contributed by atoms with E-state index in [1.165, 1.54) is 6.07 Å². The van der Waals surface area contributed by atoms with Crippen LogP contribution in [-0.4, -0.2) is 10.3 Å². The van der Waals surface area contributed by atoms with Crippen molar-refractivity contribution in [2.75, 3.05) is 5.32 Å². The first-order valence-corrected chi connectivity index (χ1v) is 5.53. The molecule has 0 radical (unpaired) electrons. The molecule has 0 aliphatic carbocycles. The van der Waals surface area contributed by atoms with Gasteiger partial charge in [-0.1, -0.05) is 10.3 Å². The Morgan fingerprint density at radius 3 is 2.71 bits per heavy atom. The van der Waals surface area contributed by atoms with Crippen LogP contribution in [0.2, 0.25) is 0 Å². The summed E-state index contributed by atoms with van der Waals surface area (Å²) in [6.45, 7) is 1.97. The van der Waals surface area contributed by atoms with Gasteiger partial charge in [0.05, 0.1) is 12.2 Å². The van der Waals surface area contributed by atoms with Gasteiger partial charge in [0.1, 0.15) is 23.0 Å². The predicted octanol–water partition coefficient (Wildman–Crippen LogP) is 3.03. The van der Waals surface area contributed by atoms with Crippen LogP contribution in [0.1, 0.15) is 11.4 Å². The van der Waals surface area contributed by atoms with E-state index in [-0.39, 0.29) is 12.2 Å². The number of benzene rings is 1. The van der Waals surface area contributed by atoms with Gasteiger partial charge in [-0.05, 0) is 28.9 Å². The van der Waals surface area contributed by atoms with Crippen LogP contribution in [0.4, 0.5) is 14.5 Å². The quantitative estimate of drug-likeness (QED) is 0.947. The molecule has 0 aliphatic heterocycles. The van der Waals surface area contributed by atoms with E-state index in [2.05, 4.69) is 36.2 Å². The number of rotatable bonds is 3. The number of halogens is 3. The number of aryl methyl sites for hydroxylation is 1. The Balaban J connectivity index is 2.17. The van der Waals surface area contributed by atoms with E-state index in [1.807, 2.05) is 0 Å². The molecule has 90 valence electrons. The first-order chi connectivity index (χ1) is 8.08. The summed E-state index contributed by atoms with van der Waals surface area (Å²) >= 11 is 3.08. The molecule has 7 heteroatoms. The van der Waals surface area contributed by atoms with Crippen molar-refractivity contribution in [1.29, 1.82) is 0 Å². The van der Waals surface area contributed by atoms with Crippen molar-refractivity contribution < 1.29 is 13.4 Å². The molecule has 0 saturated carbocycles. The molecule has 0 atom stereocenters. The van der Waals surface area contributed by atoms with Crippen molar-refractivity contribution in [3.05, 3.63) is 39.6 Å². The number of nitrogens with zero attached hydrogens (tertiary/aromatic N) is 2. The highest BCUT2D eigenvalue weighted by Crippen LogP contribution is 2.27. The second-order valence-corrected chi connectivity index (χ2v) is 4.25. The summed E-state index contributed by atoms with van der Waals surface area (Å²) in [7, 11) is 0. The zero-order chi connectivity index (χ0) is 12.4. The SMILES string of the molecule is Cc1nonc1CNc1c(F)cc(F)cc1Br. The third kappa shape index (κ3) is 2.60. The molecule has 1 N–H and O–H groups in total. The second-order valence-electron chi connectivity index (χ2n) is 3.39. The summed E-state index contributed by atoms with van der Waals surface area (Å²) in [5, 5.41) is 10.0. The molecule has 4 nitrogen and oxygen atoms in total. The molecule has 0 bridgehead atoms. The fourth-order valence-electron chi connectivity index (χ4n) is 1.29. The van der Waals surface area contributed by atoms with E-state index >= 15 is 0 Å². The molecule has 0 amide bonds. The lowest BCUT2D eigenvalue weighted by molar-refractivity contribution is 0.301. The van der Waals surface area contributed by atoms with E-state index in [0.717, 1.165) is 6.07 Å². The highest BCUT2D eigenvalue weighted by molar-refractivity contribution is 9.10. The molecular weight excluding hydrogens is 296 g/mol. The number of aromatic nitrogens is 2. The first kappa shape index (κ1) is 12.0. The van der Waals surface area contributed by atoms with Crippen molar-refractivity contribution in [1.82, 2.24) is 10.3 Å². The Bertz CT molecular complexity index is 521. The van der Waals surface area contributed by atoms with E-state index in [9.17, 15) is 8.78 Å². The minimum atomic E-state index is -0.675. The van der Waals surface area contributed by atoms with E-state index in [4.69, 9.17) is 0 Å². The second kappa shape index (κ2) is 4.79. The zero-order valence-electron chi connectivity index (χ0n) is 8.80. The predicted molar refractivity (Wildman–Crippen MR) is 60.4 cm³/mol. The summed E-state index contributed by atoms with van der Waals surface area (Å²) in [6, 6.07) is 1.99. The van der Waals surface area contributed by atoms with Gasteiger partial charge in [-0.25, -0.2) is 13.4 Å². The average Bonchev–Trinajstić information content (AvgIpc) is 2.62. The lowest BCUT2D eigenvalue weighted by Crippen LogP contribution is -2.04. The van der Waals surface area contributed by atoms with Crippen LogP contribution in [-0.2, 0) is 6.54 Å². The molecule has 17 heavy (non-hydrogen) atoms. The average molecular weight is 304 g/mol. The molecule has 0 fully saturated rings. The normalized spacial score (nSPS) is 10.6. The Morgan fingerprint density at radius 1 is 1.35 bits per heavy atom. The highest BCUT2D eigenvalue weighted by Gasteiger charge is 2.11. The van der Waals surface area contributed by atoms with E-state index in [0.29, 0.717) is 15.9 Å². The summed E-state index contributed by atoms with van der Waals surface area (Å²) < 4.78 is 31.1. The summed E-state index contributed by atoms with van der Waals surface area (Å²) in [5.41, 5.74) is 1.37. The fraction of sp³-hybridized carbons (Fsp3) is 0.200. The van der Waals surface area contributed by atoms with Crippen LogP contribution in [0.15, 0.2) is 21.2 Å². The smallest absolute Gasteiger partial charge is 0.150 e. The van der Waals surface area contributed by atoms with Crippen molar-refractivity contribution in [2.24, 2.45) is 0 Å². The third-order valence-corrected chi connectivity index (χ3v) is 2.81. The topological polar surface area (TPSA) is 51.0 Å². The summed E-state index contributed by atoms with van der Waals surface area (Å²) in [6.07, 6.45) is 0. The standard InChI is InChI=1S/C10H8BrF2N3O/c1-5-9(16-17-15-5)4-14-10-7(11)2-6(12)3-8(10)13/h2-3,14H,4H2,1H3. The molecule has 0 unspecified atom stereocenters. The van der Waals surface area contributed by atoms with Crippen LogP contribution < -0.4 is 5.32 Å². The number of hydrogen-bond donors (Lipinski definition) is 1. The lowest BCUT2D eigenvalue weighted by atomic mass is 10.2. The maximum atomic E-state index is 13.4. The van der Waals surface area contributed by atoms with Crippen LogP contribution >= 0.6 is 15.9 Å². The Morgan fingerprint density at radius 2 is 2.12 bits per heavy atom. The van der Waals surface area contributed by atoms with Gasteiger partial charge in [0.15, 0.2) is 0 Å². The van der Waals surface area contributed by atoms with Gasteiger partial charge in [0, 0.05) is 10.5 Å². The summed E-state index contributed by atoms with van der Waals surface area (Å²) in [5.74, 6) is -1.31. The minimum Gasteiger partial charge on any atom is -0.376 e. The zero-order valence-corrected chi connectivity index (χ0v) is 10.4. The Hall–Kier alpha value is -1.50. The molecule has 1 aromatic heterocycles. The molecular formula is C10H8BrF2N3O. The summed E-state index contributed by atoms with van der Waals surface area (Å²) in [4.78, 5) is 0. The van der Waals surface area contributed by atoms with E-state index < -0.39 is 11.6 Å². The van der Waals surface area contributed by atoms with Gasteiger partial charge >= 0.3 is 0 Å². The minimum absolute atomic E-state index is 0.175. The van der Waals surface area contributed by atoms with Gasteiger partial charge in [-0.2, -0.15) is 0 Å². The van der Waals surface area contributed by atoms with E-state index in [1.54, 1.807) is 6.92 Å². The molecule has 0 saturated heterocycles. The fourth-order valence-corrected chi connectivity index (χ4v) is 1.84. The molecule has 2 aromatic rings. The van der Waals surface area contributed by atoms with Crippen molar-refractivity contribution >= 4 is 21.6 Å². The maximum absolute atomic E-state index is 13.4. The van der Waals surface area contributed by atoms with Crippen molar-refractivity contribution in [3.8, 4) is 0 Å². The molecule has 1 aromatic carbocycles. The van der Waals surface area contributed by atoms with Crippen LogP contribution in [0.3, 0.4) is 0 Å². The van der Waals surface area contributed by atoms with Gasteiger partial charge in [-0.3, -0.25) is 0 Å². The first-order valence-electron chi connectivity index (χ1n) is 4.74. The van der Waals surface area contributed by atoms with Gasteiger partial charge in [0.25, 0.3) is 0 Å². The largest absolute Gasteiger partial charge is 0.376 e. The van der Waals surface area contributed by atoms with Gasteiger partial charge < -0.3 is 5.32 Å². The lowest BCUT2D eigenvalue weighted by Gasteiger charge is -2.08. The van der Waals surface area contributed by atoms with Crippen molar-refractivity contribution in [3.63, 3.8) is 0 Å². The molecule has 2 rings (SSSR count). The Kier molecular flexibility index (Phi) is 3.37.